The Balaban J connectivity index is 1.96. The molecule has 0 heterocycles. The van der Waals surface area contributed by atoms with Gasteiger partial charge in [0.05, 0.1) is 5.02 Å². The Morgan fingerprint density at radius 2 is 2.15 bits per heavy atom. The first-order valence-corrected chi connectivity index (χ1v) is 6.75. The molecule has 1 amide bonds. The number of carbonyl (C=O) groups excluding carboxylic acids is 1. The third-order valence-corrected chi connectivity index (χ3v) is 3.36. The summed E-state index contributed by atoms with van der Waals surface area (Å²) in [7, 11) is 0. The lowest BCUT2D eigenvalue weighted by Crippen LogP contribution is -2.40. The van der Waals surface area contributed by atoms with Gasteiger partial charge in [-0.1, -0.05) is 17.7 Å². The second kappa shape index (κ2) is 6.13. The zero-order chi connectivity index (χ0) is 14.7. The molecule has 0 saturated heterocycles. The molecule has 6 heteroatoms. The Kier molecular flexibility index (Phi) is 4.49. The number of halogens is 1. The van der Waals surface area contributed by atoms with Crippen LogP contribution >= 0.6 is 11.6 Å². The molecule has 1 aromatic rings. The van der Waals surface area contributed by atoms with Crippen LogP contribution in [0.2, 0.25) is 5.02 Å². The van der Waals surface area contributed by atoms with Gasteiger partial charge >= 0.3 is 5.97 Å². The van der Waals surface area contributed by atoms with Gasteiger partial charge in [-0.25, -0.2) is 0 Å². The molecule has 20 heavy (non-hydrogen) atoms. The predicted molar refractivity (Wildman–Crippen MR) is 74.1 cm³/mol. The van der Waals surface area contributed by atoms with Crippen molar-refractivity contribution in [2.75, 3.05) is 13.2 Å². The number of ether oxygens (including phenoxy) is 1. The highest BCUT2D eigenvalue weighted by Gasteiger charge is 2.33. The molecule has 1 aliphatic carbocycles. The summed E-state index contributed by atoms with van der Waals surface area (Å²) >= 11 is 5.97. The third kappa shape index (κ3) is 3.87. The first-order chi connectivity index (χ1) is 9.47. The molecule has 1 N–H and O–H groups in total. The highest BCUT2D eigenvalue weighted by molar-refractivity contribution is 6.32. The van der Waals surface area contributed by atoms with E-state index in [4.69, 9.17) is 21.4 Å². The zero-order valence-electron chi connectivity index (χ0n) is 11.1. The van der Waals surface area contributed by atoms with E-state index in [1.54, 1.807) is 12.1 Å². The minimum Gasteiger partial charge on any atom is -0.482 e. The number of carboxylic acids is 1. The summed E-state index contributed by atoms with van der Waals surface area (Å²) in [5.74, 6) is -0.905. The summed E-state index contributed by atoms with van der Waals surface area (Å²) in [4.78, 5) is 24.1. The maximum absolute atomic E-state index is 12.0. The minimum absolute atomic E-state index is 0.0372. The average molecular weight is 298 g/mol. The number of benzene rings is 1. The number of hydrogen-bond donors (Lipinski definition) is 1. The van der Waals surface area contributed by atoms with Crippen LogP contribution < -0.4 is 4.74 Å². The molecule has 1 aromatic carbocycles. The summed E-state index contributed by atoms with van der Waals surface area (Å²) in [5.41, 5.74) is 0.974. The lowest BCUT2D eigenvalue weighted by atomic mass is 10.2. The molecule has 1 saturated carbocycles. The normalized spacial score (nSPS) is 13.9. The van der Waals surface area contributed by atoms with Gasteiger partial charge in [-0.05, 0) is 37.5 Å². The second-order valence-corrected chi connectivity index (χ2v) is 5.28. The van der Waals surface area contributed by atoms with Crippen molar-refractivity contribution in [2.45, 2.75) is 25.8 Å². The molecule has 108 valence electrons. The highest BCUT2D eigenvalue weighted by atomic mass is 35.5. The molecule has 0 unspecified atom stereocenters. The van der Waals surface area contributed by atoms with Crippen molar-refractivity contribution >= 4 is 23.5 Å². The highest BCUT2D eigenvalue weighted by Crippen LogP contribution is 2.28. The van der Waals surface area contributed by atoms with E-state index in [-0.39, 0.29) is 25.1 Å². The van der Waals surface area contributed by atoms with E-state index >= 15 is 0 Å². The van der Waals surface area contributed by atoms with Crippen LogP contribution in [-0.4, -0.2) is 41.1 Å². The average Bonchev–Trinajstić information content (AvgIpc) is 3.20. The Labute approximate surface area is 122 Å². The van der Waals surface area contributed by atoms with Crippen molar-refractivity contribution < 1.29 is 19.4 Å². The van der Waals surface area contributed by atoms with Crippen LogP contribution in [-0.2, 0) is 9.59 Å². The van der Waals surface area contributed by atoms with Crippen molar-refractivity contribution in [1.82, 2.24) is 4.90 Å². The standard InChI is InChI=1S/C14H16ClNO4/c1-9-2-5-11(15)12(6-9)20-8-13(17)16(7-14(18)19)10-3-4-10/h2,5-6,10H,3-4,7-8H2,1H3,(H,18,19). The van der Waals surface area contributed by atoms with Gasteiger partial charge in [0, 0.05) is 6.04 Å². The fraction of sp³-hybridized carbons (Fsp3) is 0.429. The Bertz CT molecular complexity index is 528. The fourth-order valence-corrected chi connectivity index (χ4v) is 2.07. The summed E-state index contributed by atoms with van der Waals surface area (Å²) in [6, 6.07) is 5.33. The minimum atomic E-state index is -1.01. The van der Waals surface area contributed by atoms with Crippen LogP contribution in [0.1, 0.15) is 18.4 Å². The summed E-state index contributed by atoms with van der Waals surface area (Å²) < 4.78 is 5.40. The number of carboxylic acid groups (broad SMARTS) is 1. The molecule has 0 aromatic heterocycles. The van der Waals surface area contributed by atoms with Crippen molar-refractivity contribution in [1.29, 1.82) is 0 Å². The van der Waals surface area contributed by atoms with Crippen molar-refractivity contribution in [3.8, 4) is 5.75 Å². The van der Waals surface area contributed by atoms with Crippen molar-refractivity contribution in [3.05, 3.63) is 28.8 Å². The Morgan fingerprint density at radius 3 is 2.75 bits per heavy atom. The van der Waals surface area contributed by atoms with Gasteiger partial charge in [-0.15, -0.1) is 0 Å². The summed E-state index contributed by atoms with van der Waals surface area (Å²) in [6.45, 7) is 1.41. The molecule has 5 nitrogen and oxygen atoms in total. The van der Waals surface area contributed by atoms with E-state index in [1.165, 1.54) is 4.90 Å². The van der Waals surface area contributed by atoms with Gasteiger partial charge in [-0.3, -0.25) is 9.59 Å². The lowest BCUT2D eigenvalue weighted by Gasteiger charge is -2.20. The number of nitrogens with zero attached hydrogens (tertiary/aromatic N) is 1. The van der Waals surface area contributed by atoms with Gasteiger partial charge < -0.3 is 14.7 Å². The molecule has 1 fully saturated rings. The van der Waals surface area contributed by atoms with Crippen LogP contribution in [0.4, 0.5) is 0 Å². The quantitative estimate of drug-likeness (QED) is 0.873. The van der Waals surface area contributed by atoms with Crippen LogP contribution in [0.3, 0.4) is 0 Å². The monoisotopic (exact) mass is 297 g/mol. The fourth-order valence-electron chi connectivity index (χ4n) is 1.90. The van der Waals surface area contributed by atoms with Crippen molar-refractivity contribution in [2.24, 2.45) is 0 Å². The number of hydrogen-bond acceptors (Lipinski definition) is 3. The lowest BCUT2D eigenvalue weighted by molar-refractivity contribution is -0.145. The smallest absolute Gasteiger partial charge is 0.323 e. The molecular formula is C14H16ClNO4. The SMILES string of the molecule is Cc1ccc(Cl)c(OCC(=O)N(CC(=O)O)C2CC2)c1. The Morgan fingerprint density at radius 1 is 1.45 bits per heavy atom. The largest absolute Gasteiger partial charge is 0.482 e. The number of amides is 1. The Hall–Kier alpha value is -1.75. The van der Waals surface area contributed by atoms with E-state index in [0.717, 1.165) is 18.4 Å². The zero-order valence-corrected chi connectivity index (χ0v) is 11.9. The summed E-state index contributed by atoms with van der Waals surface area (Å²) in [6.07, 6.45) is 1.70. The van der Waals surface area contributed by atoms with E-state index in [2.05, 4.69) is 0 Å². The molecule has 0 radical (unpaired) electrons. The third-order valence-electron chi connectivity index (χ3n) is 3.05. The van der Waals surface area contributed by atoms with Crippen LogP contribution in [0, 0.1) is 6.92 Å². The number of rotatable bonds is 6. The van der Waals surface area contributed by atoms with E-state index in [1.807, 2.05) is 13.0 Å². The molecular weight excluding hydrogens is 282 g/mol. The molecule has 0 aliphatic heterocycles. The second-order valence-electron chi connectivity index (χ2n) is 4.87. The number of aryl methyl sites for hydroxylation is 1. The van der Waals surface area contributed by atoms with E-state index in [0.29, 0.717) is 10.8 Å². The van der Waals surface area contributed by atoms with Crippen molar-refractivity contribution in [3.63, 3.8) is 0 Å². The first kappa shape index (κ1) is 14.7. The van der Waals surface area contributed by atoms with Gasteiger partial charge in [0.15, 0.2) is 6.61 Å². The summed E-state index contributed by atoms with van der Waals surface area (Å²) in [5, 5.41) is 9.25. The molecule has 0 bridgehead atoms. The van der Waals surface area contributed by atoms with Crippen LogP contribution in [0.15, 0.2) is 18.2 Å². The van der Waals surface area contributed by atoms with E-state index < -0.39 is 5.97 Å². The maximum atomic E-state index is 12.0. The molecule has 1 aliphatic rings. The maximum Gasteiger partial charge on any atom is 0.323 e. The first-order valence-electron chi connectivity index (χ1n) is 6.37. The topological polar surface area (TPSA) is 66.8 Å². The van der Waals surface area contributed by atoms with Gasteiger partial charge in [0.25, 0.3) is 5.91 Å². The number of aliphatic carboxylic acids is 1. The van der Waals surface area contributed by atoms with Crippen LogP contribution in [0.25, 0.3) is 0 Å². The van der Waals surface area contributed by atoms with E-state index in [9.17, 15) is 9.59 Å². The van der Waals surface area contributed by atoms with Crippen LogP contribution in [0.5, 0.6) is 5.75 Å². The molecule has 0 spiro atoms. The molecule has 0 atom stereocenters. The predicted octanol–water partition coefficient (Wildman–Crippen LogP) is 2.10. The van der Waals surface area contributed by atoms with Gasteiger partial charge in [0.1, 0.15) is 12.3 Å². The number of carbonyl (C=O) groups is 2. The van der Waals surface area contributed by atoms with Gasteiger partial charge in [0.2, 0.25) is 0 Å². The molecule has 2 rings (SSSR count). The van der Waals surface area contributed by atoms with Gasteiger partial charge in [-0.2, -0.15) is 0 Å².